The van der Waals surface area contributed by atoms with Crippen LogP contribution in [0.15, 0.2) is 42.5 Å². The Morgan fingerprint density at radius 3 is 2.65 bits per heavy atom. The summed E-state index contributed by atoms with van der Waals surface area (Å²) in [5.74, 6) is -3.18. The van der Waals surface area contributed by atoms with E-state index in [1.165, 1.54) is 0 Å². The number of halogens is 3. The molecular formula is C17H19ClF2N2O. The number of hydrogen-bond acceptors (Lipinski definition) is 2. The Hall–Kier alpha value is -1.72. The summed E-state index contributed by atoms with van der Waals surface area (Å²) in [6.45, 7) is 1.43. The van der Waals surface area contributed by atoms with Crippen molar-refractivity contribution in [2.45, 2.75) is 31.4 Å². The van der Waals surface area contributed by atoms with Crippen LogP contribution in [0.2, 0.25) is 0 Å². The van der Waals surface area contributed by atoms with Crippen LogP contribution in [0.1, 0.15) is 24.9 Å². The van der Waals surface area contributed by atoms with Gasteiger partial charge in [-0.2, -0.15) is 0 Å². The first kappa shape index (κ1) is 17.6. The molecule has 23 heavy (non-hydrogen) atoms. The summed E-state index contributed by atoms with van der Waals surface area (Å²) in [5.41, 5.74) is 0.983. The van der Waals surface area contributed by atoms with E-state index in [1.54, 1.807) is 0 Å². The molecule has 2 aromatic carbocycles. The largest absolute Gasteiger partial charge is 0.348 e. The summed E-state index contributed by atoms with van der Waals surface area (Å²) in [6.07, 6.45) is -0.443. The van der Waals surface area contributed by atoms with Crippen LogP contribution in [0.25, 0.3) is 10.8 Å². The van der Waals surface area contributed by atoms with Crippen molar-refractivity contribution in [1.29, 1.82) is 0 Å². The molecular weight excluding hydrogens is 322 g/mol. The molecule has 1 aliphatic heterocycles. The van der Waals surface area contributed by atoms with Gasteiger partial charge in [-0.05, 0) is 23.3 Å². The number of nitrogens with one attached hydrogen (secondary N) is 2. The number of rotatable bonds is 3. The second kappa shape index (κ2) is 6.81. The molecule has 2 aromatic rings. The van der Waals surface area contributed by atoms with Gasteiger partial charge in [0.05, 0.1) is 18.6 Å². The molecule has 0 spiro atoms. The number of carbonyl (C=O) groups is 1. The molecule has 0 bridgehead atoms. The molecule has 0 aliphatic carbocycles. The molecule has 2 unspecified atom stereocenters. The van der Waals surface area contributed by atoms with Crippen molar-refractivity contribution in [2.24, 2.45) is 0 Å². The van der Waals surface area contributed by atoms with Crippen molar-refractivity contribution in [2.75, 3.05) is 6.54 Å². The molecule has 0 saturated carbocycles. The van der Waals surface area contributed by atoms with E-state index in [-0.39, 0.29) is 24.4 Å². The van der Waals surface area contributed by atoms with Crippen LogP contribution >= 0.6 is 12.4 Å². The molecule has 6 heteroatoms. The van der Waals surface area contributed by atoms with Crippen LogP contribution in [-0.2, 0) is 4.79 Å². The van der Waals surface area contributed by atoms with Crippen LogP contribution in [0.3, 0.4) is 0 Å². The second-order valence-corrected chi connectivity index (χ2v) is 5.79. The van der Waals surface area contributed by atoms with Gasteiger partial charge in [0, 0.05) is 6.42 Å². The lowest BCUT2D eigenvalue weighted by atomic mass is 9.99. The lowest BCUT2D eigenvalue weighted by molar-refractivity contribution is -0.124. The molecule has 124 valence electrons. The number of amides is 1. The molecule has 1 fully saturated rings. The van der Waals surface area contributed by atoms with Gasteiger partial charge in [-0.15, -0.1) is 12.4 Å². The Bertz CT molecular complexity index is 703. The highest BCUT2D eigenvalue weighted by atomic mass is 35.5. The fraction of sp³-hybridized carbons (Fsp3) is 0.353. The topological polar surface area (TPSA) is 41.1 Å². The first-order valence-electron chi connectivity index (χ1n) is 7.35. The fourth-order valence-electron chi connectivity index (χ4n) is 2.92. The van der Waals surface area contributed by atoms with Crippen molar-refractivity contribution in [3.05, 3.63) is 48.0 Å². The molecule has 3 rings (SSSR count). The average Bonchev–Trinajstić information content (AvgIpc) is 2.87. The van der Waals surface area contributed by atoms with Crippen LogP contribution in [0.5, 0.6) is 0 Å². The normalized spacial score (nSPS) is 20.7. The predicted octanol–water partition coefficient (Wildman–Crippen LogP) is 3.44. The first-order valence-corrected chi connectivity index (χ1v) is 7.35. The molecule has 2 atom stereocenters. The molecule has 1 saturated heterocycles. The highest BCUT2D eigenvalue weighted by Crippen LogP contribution is 2.27. The van der Waals surface area contributed by atoms with E-state index in [2.05, 4.69) is 10.6 Å². The Labute approximate surface area is 139 Å². The molecule has 0 aromatic heterocycles. The third-order valence-corrected chi connectivity index (χ3v) is 4.07. The van der Waals surface area contributed by atoms with Crippen molar-refractivity contribution in [1.82, 2.24) is 10.6 Å². The average molecular weight is 341 g/mol. The Kier molecular flexibility index (Phi) is 5.22. The van der Waals surface area contributed by atoms with Gasteiger partial charge in [0.15, 0.2) is 0 Å². The van der Waals surface area contributed by atoms with E-state index >= 15 is 0 Å². The monoisotopic (exact) mass is 340 g/mol. The van der Waals surface area contributed by atoms with E-state index < -0.39 is 24.9 Å². The van der Waals surface area contributed by atoms with Gasteiger partial charge >= 0.3 is 0 Å². The lowest BCUT2D eigenvalue weighted by Gasteiger charge is -2.19. The third kappa shape index (κ3) is 3.79. The Balaban J connectivity index is 0.00000192. The van der Waals surface area contributed by atoms with Crippen LogP contribution in [0.4, 0.5) is 8.78 Å². The summed E-state index contributed by atoms with van der Waals surface area (Å²) in [4.78, 5) is 12.1. The smallest absolute Gasteiger partial charge is 0.262 e. The maximum absolute atomic E-state index is 13.2. The highest BCUT2D eigenvalue weighted by Gasteiger charge is 2.42. The minimum absolute atomic E-state index is 0. The predicted molar refractivity (Wildman–Crippen MR) is 89.1 cm³/mol. The Morgan fingerprint density at radius 1 is 1.26 bits per heavy atom. The number of carbonyl (C=O) groups excluding carboxylic acids is 1. The van der Waals surface area contributed by atoms with Gasteiger partial charge in [0.2, 0.25) is 5.91 Å². The highest BCUT2D eigenvalue weighted by molar-refractivity contribution is 5.87. The molecule has 1 amide bonds. The Morgan fingerprint density at radius 2 is 1.96 bits per heavy atom. The van der Waals surface area contributed by atoms with Crippen LogP contribution in [0, 0.1) is 0 Å². The maximum atomic E-state index is 13.2. The SMILES string of the molecule is CC(NC(=O)C1CC(F)(F)CN1)c1cccc2ccccc12.Cl. The van der Waals surface area contributed by atoms with E-state index in [4.69, 9.17) is 0 Å². The number of hydrogen-bond donors (Lipinski definition) is 2. The summed E-state index contributed by atoms with van der Waals surface area (Å²) in [5, 5.41) is 7.56. The molecule has 1 heterocycles. The third-order valence-electron chi connectivity index (χ3n) is 4.07. The van der Waals surface area contributed by atoms with E-state index in [0.717, 1.165) is 16.3 Å². The number of benzene rings is 2. The summed E-state index contributed by atoms with van der Waals surface area (Å²) >= 11 is 0. The quantitative estimate of drug-likeness (QED) is 0.898. The standard InChI is InChI=1S/C17H18F2N2O.ClH/c1-11(21-16(22)15-9-17(18,19)10-20-15)13-8-4-6-12-5-2-3-7-14(12)13;/h2-8,11,15,20H,9-10H2,1H3,(H,21,22);1H. The minimum atomic E-state index is -2.80. The van der Waals surface area contributed by atoms with E-state index in [1.807, 2.05) is 49.4 Å². The van der Waals surface area contributed by atoms with Crippen molar-refractivity contribution in [3.63, 3.8) is 0 Å². The number of alkyl halides is 2. The van der Waals surface area contributed by atoms with Gasteiger partial charge in [-0.1, -0.05) is 42.5 Å². The van der Waals surface area contributed by atoms with Crippen LogP contribution in [-0.4, -0.2) is 24.4 Å². The summed E-state index contributed by atoms with van der Waals surface area (Å²) < 4.78 is 26.4. The molecule has 1 aliphatic rings. The van der Waals surface area contributed by atoms with Crippen molar-refractivity contribution in [3.8, 4) is 0 Å². The summed E-state index contributed by atoms with van der Waals surface area (Å²) in [7, 11) is 0. The van der Waals surface area contributed by atoms with Gasteiger partial charge < -0.3 is 5.32 Å². The zero-order chi connectivity index (χ0) is 15.7. The molecule has 0 radical (unpaired) electrons. The van der Waals surface area contributed by atoms with Gasteiger partial charge in [0.1, 0.15) is 0 Å². The maximum Gasteiger partial charge on any atom is 0.262 e. The zero-order valence-electron chi connectivity index (χ0n) is 12.7. The van der Waals surface area contributed by atoms with E-state index in [9.17, 15) is 13.6 Å². The molecule has 3 nitrogen and oxygen atoms in total. The molecule has 2 N–H and O–H groups in total. The van der Waals surface area contributed by atoms with Gasteiger partial charge in [-0.25, -0.2) is 8.78 Å². The lowest BCUT2D eigenvalue weighted by Crippen LogP contribution is -2.41. The second-order valence-electron chi connectivity index (χ2n) is 5.79. The van der Waals surface area contributed by atoms with E-state index in [0.29, 0.717) is 0 Å². The summed E-state index contributed by atoms with van der Waals surface area (Å²) in [6, 6.07) is 12.7. The van der Waals surface area contributed by atoms with Crippen molar-refractivity contribution >= 4 is 29.1 Å². The number of fused-ring (bicyclic) bond motifs is 1. The van der Waals surface area contributed by atoms with Gasteiger partial charge in [-0.3, -0.25) is 10.1 Å². The van der Waals surface area contributed by atoms with Crippen LogP contribution < -0.4 is 10.6 Å². The first-order chi connectivity index (χ1) is 10.5. The zero-order valence-corrected chi connectivity index (χ0v) is 13.5. The van der Waals surface area contributed by atoms with Crippen molar-refractivity contribution < 1.29 is 13.6 Å². The minimum Gasteiger partial charge on any atom is -0.348 e. The van der Waals surface area contributed by atoms with Gasteiger partial charge in [0.25, 0.3) is 5.92 Å². The fourth-order valence-corrected chi connectivity index (χ4v) is 2.92.